The molecule has 1 N–H and O–H groups in total. The molecule has 0 aliphatic carbocycles. The molecule has 1 amide bonds. The van der Waals surface area contributed by atoms with Gasteiger partial charge in [0.25, 0.3) is 5.91 Å². The van der Waals surface area contributed by atoms with Gasteiger partial charge in [0.15, 0.2) is 0 Å². The molecule has 3 heterocycles. The Morgan fingerprint density at radius 1 is 1.11 bits per heavy atom. The molecule has 0 aliphatic rings. The van der Waals surface area contributed by atoms with E-state index >= 15 is 0 Å². The van der Waals surface area contributed by atoms with Gasteiger partial charge in [-0.15, -0.1) is 0 Å². The number of fused-ring (bicyclic) bond motifs is 1. The Bertz CT molecular complexity index is 1110. The highest BCUT2D eigenvalue weighted by Crippen LogP contribution is 2.18. The van der Waals surface area contributed by atoms with Gasteiger partial charge < -0.3 is 9.84 Å². The van der Waals surface area contributed by atoms with Crippen LogP contribution in [0.1, 0.15) is 29.3 Å². The molecule has 4 rings (SSSR count). The minimum atomic E-state index is -0.555. The highest BCUT2D eigenvalue weighted by Gasteiger charge is 2.19. The molecule has 0 radical (unpaired) electrons. The van der Waals surface area contributed by atoms with E-state index in [0.717, 1.165) is 0 Å². The lowest BCUT2D eigenvalue weighted by Crippen LogP contribution is -2.27. The molecule has 4 aromatic rings. The number of hydrogen-bond acceptors (Lipinski definition) is 6. The normalized spacial score (nSPS) is 12.1. The Labute approximate surface area is 153 Å². The van der Waals surface area contributed by atoms with E-state index in [4.69, 9.17) is 4.52 Å². The first-order valence-corrected chi connectivity index (χ1v) is 8.23. The van der Waals surface area contributed by atoms with E-state index in [2.05, 4.69) is 25.4 Å². The SMILES string of the molecule is C[C@H](NC(=O)c1ccc2cccc(F)c2n1)c1nc(-c2ccccn2)no1. The fraction of sp³-hybridized carbons (Fsp3) is 0.105. The van der Waals surface area contributed by atoms with E-state index in [0.29, 0.717) is 16.9 Å². The molecule has 0 saturated heterocycles. The van der Waals surface area contributed by atoms with Gasteiger partial charge in [-0.1, -0.05) is 29.4 Å². The first kappa shape index (κ1) is 16.8. The second-order valence-corrected chi connectivity index (χ2v) is 5.87. The van der Waals surface area contributed by atoms with Crippen molar-refractivity contribution in [1.82, 2.24) is 25.4 Å². The summed E-state index contributed by atoms with van der Waals surface area (Å²) >= 11 is 0. The number of pyridine rings is 2. The molecule has 0 unspecified atom stereocenters. The van der Waals surface area contributed by atoms with Gasteiger partial charge in [-0.05, 0) is 31.2 Å². The third-order valence-corrected chi connectivity index (χ3v) is 3.96. The van der Waals surface area contributed by atoms with Crippen molar-refractivity contribution >= 4 is 16.8 Å². The van der Waals surface area contributed by atoms with Crippen molar-refractivity contribution in [2.45, 2.75) is 13.0 Å². The first-order chi connectivity index (χ1) is 13.1. The lowest BCUT2D eigenvalue weighted by molar-refractivity contribution is 0.0928. The molecule has 0 aliphatic heterocycles. The first-order valence-electron chi connectivity index (χ1n) is 8.23. The van der Waals surface area contributed by atoms with Crippen LogP contribution in [0.3, 0.4) is 0 Å². The molecule has 7 nitrogen and oxygen atoms in total. The number of carbonyl (C=O) groups is 1. The smallest absolute Gasteiger partial charge is 0.270 e. The summed E-state index contributed by atoms with van der Waals surface area (Å²) in [5.74, 6) is -0.383. The van der Waals surface area contributed by atoms with Gasteiger partial charge >= 0.3 is 0 Å². The van der Waals surface area contributed by atoms with Crippen molar-refractivity contribution in [2.75, 3.05) is 0 Å². The summed E-state index contributed by atoms with van der Waals surface area (Å²) in [7, 11) is 0. The molecule has 0 fully saturated rings. The molecular formula is C19H14FN5O2. The van der Waals surface area contributed by atoms with Crippen molar-refractivity contribution in [3.05, 3.63) is 72.1 Å². The van der Waals surface area contributed by atoms with Crippen molar-refractivity contribution in [1.29, 1.82) is 0 Å². The van der Waals surface area contributed by atoms with Gasteiger partial charge in [0.2, 0.25) is 11.7 Å². The van der Waals surface area contributed by atoms with Crippen LogP contribution in [0.4, 0.5) is 4.39 Å². The Balaban J connectivity index is 1.53. The maximum atomic E-state index is 13.9. The Morgan fingerprint density at radius 3 is 2.81 bits per heavy atom. The summed E-state index contributed by atoms with van der Waals surface area (Å²) in [6.45, 7) is 1.70. The van der Waals surface area contributed by atoms with Crippen LogP contribution in [0.5, 0.6) is 0 Å². The molecule has 1 atom stereocenters. The minimum Gasteiger partial charge on any atom is -0.339 e. The summed E-state index contributed by atoms with van der Waals surface area (Å²) in [5, 5.41) is 7.22. The highest BCUT2D eigenvalue weighted by molar-refractivity contribution is 5.95. The van der Waals surface area contributed by atoms with E-state index in [1.807, 2.05) is 6.07 Å². The molecule has 1 aromatic carbocycles. The van der Waals surface area contributed by atoms with Gasteiger partial charge in [0.1, 0.15) is 28.8 Å². The molecule has 0 saturated carbocycles. The lowest BCUT2D eigenvalue weighted by Gasteiger charge is -2.09. The number of para-hydroxylation sites is 1. The quantitative estimate of drug-likeness (QED) is 0.598. The fourth-order valence-corrected chi connectivity index (χ4v) is 2.58. The van der Waals surface area contributed by atoms with Gasteiger partial charge in [-0.25, -0.2) is 9.37 Å². The van der Waals surface area contributed by atoms with Crippen LogP contribution in [0.15, 0.2) is 59.3 Å². The van der Waals surface area contributed by atoms with Crippen molar-refractivity contribution in [2.24, 2.45) is 0 Å². The van der Waals surface area contributed by atoms with E-state index in [1.54, 1.807) is 43.5 Å². The van der Waals surface area contributed by atoms with E-state index in [9.17, 15) is 9.18 Å². The molecule has 0 spiro atoms. The second kappa shape index (κ2) is 6.91. The number of rotatable bonds is 4. The number of benzene rings is 1. The van der Waals surface area contributed by atoms with Crippen molar-refractivity contribution in [3.8, 4) is 11.5 Å². The largest absolute Gasteiger partial charge is 0.339 e. The summed E-state index contributed by atoms with van der Waals surface area (Å²) in [6, 6.07) is 12.6. The third-order valence-electron chi connectivity index (χ3n) is 3.96. The highest BCUT2D eigenvalue weighted by atomic mass is 19.1. The van der Waals surface area contributed by atoms with Crippen molar-refractivity contribution < 1.29 is 13.7 Å². The second-order valence-electron chi connectivity index (χ2n) is 5.87. The summed E-state index contributed by atoms with van der Waals surface area (Å²) in [6.07, 6.45) is 1.63. The van der Waals surface area contributed by atoms with Crippen LogP contribution in [0.25, 0.3) is 22.4 Å². The number of nitrogens with zero attached hydrogens (tertiary/aromatic N) is 4. The van der Waals surface area contributed by atoms with Gasteiger partial charge in [0.05, 0.1) is 0 Å². The van der Waals surface area contributed by atoms with Gasteiger partial charge in [0, 0.05) is 11.6 Å². The molecule has 27 heavy (non-hydrogen) atoms. The lowest BCUT2D eigenvalue weighted by atomic mass is 10.2. The zero-order valence-electron chi connectivity index (χ0n) is 14.3. The van der Waals surface area contributed by atoms with Crippen molar-refractivity contribution in [3.63, 3.8) is 0 Å². The maximum Gasteiger partial charge on any atom is 0.270 e. The predicted molar refractivity (Wildman–Crippen MR) is 95.1 cm³/mol. The van der Waals surface area contributed by atoms with E-state index in [1.165, 1.54) is 12.1 Å². The number of nitrogens with one attached hydrogen (secondary N) is 1. The fourth-order valence-electron chi connectivity index (χ4n) is 2.58. The van der Waals surface area contributed by atoms with Gasteiger partial charge in [-0.3, -0.25) is 9.78 Å². The number of halogens is 1. The molecule has 3 aromatic heterocycles. The average Bonchev–Trinajstić information content (AvgIpc) is 3.19. The molecule has 8 heteroatoms. The van der Waals surface area contributed by atoms with Crippen LogP contribution >= 0.6 is 0 Å². The standard InChI is InChI=1S/C19H14FN5O2/c1-11(19-24-17(25-27-19)14-7-2-3-10-21-14)22-18(26)15-9-8-12-5-4-6-13(20)16(12)23-15/h2-11H,1H3,(H,22,26)/t11-/m0/s1. The number of aromatic nitrogens is 4. The Kier molecular flexibility index (Phi) is 4.29. The summed E-state index contributed by atoms with van der Waals surface area (Å²) in [4.78, 5) is 25.0. The number of hydrogen-bond donors (Lipinski definition) is 1. The van der Waals surface area contributed by atoms with E-state index in [-0.39, 0.29) is 17.1 Å². The summed E-state index contributed by atoms with van der Waals surface area (Å²) < 4.78 is 19.1. The summed E-state index contributed by atoms with van der Waals surface area (Å²) in [5.41, 5.74) is 0.814. The average molecular weight is 363 g/mol. The zero-order valence-corrected chi connectivity index (χ0v) is 14.3. The topological polar surface area (TPSA) is 93.8 Å². The third kappa shape index (κ3) is 3.37. The molecule has 0 bridgehead atoms. The molecular weight excluding hydrogens is 349 g/mol. The van der Waals surface area contributed by atoms with E-state index < -0.39 is 17.8 Å². The number of carbonyl (C=O) groups excluding carboxylic acids is 1. The number of amides is 1. The van der Waals surface area contributed by atoms with Crippen LogP contribution in [0, 0.1) is 5.82 Å². The van der Waals surface area contributed by atoms with Crippen LogP contribution in [-0.4, -0.2) is 26.0 Å². The monoisotopic (exact) mass is 363 g/mol. The molecule has 134 valence electrons. The van der Waals surface area contributed by atoms with Crippen LogP contribution in [-0.2, 0) is 0 Å². The Morgan fingerprint density at radius 2 is 2.00 bits per heavy atom. The zero-order chi connectivity index (χ0) is 18.8. The predicted octanol–water partition coefficient (Wildman–Crippen LogP) is 3.31. The van der Waals surface area contributed by atoms with Gasteiger partial charge in [-0.2, -0.15) is 4.98 Å². The Hall–Kier alpha value is -3.68. The minimum absolute atomic E-state index is 0.101. The van der Waals surface area contributed by atoms with Crippen LogP contribution < -0.4 is 5.32 Å². The van der Waals surface area contributed by atoms with Crippen LogP contribution in [0.2, 0.25) is 0 Å². The maximum absolute atomic E-state index is 13.9.